The van der Waals surface area contributed by atoms with E-state index in [2.05, 4.69) is 4.90 Å². The Morgan fingerprint density at radius 3 is 2.20 bits per heavy atom. The first kappa shape index (κ1) is 17.1. The first-order chi connectivity index (χ1) is 9.58. The molecule has 0 radical (unpaired) electrons. The Morgan fingerprint density at radius 2 is 1.75 bits per heavy atom. The summed E-state index contributed by atoms with van der Waals surface area (Å²) in [6, 6.07) is 7.17. The molecule has 112 valence electrons. The minimum absolute atomic E-state index is 0.432. The summed E-state index contributed by atoms with van der Waals surface area (Å²) in [5, 5.41) is 8.74. The highest BCUT2D eigenvalue weighted by atomic mass is 35.5. The van der Waals surface area contributed by atoms with Crippen LogP contribution in [0.1, 0.15) is 12.0 Å². The van der Waals surface area contributed by atoms with Gasteiger partial charge >= 0.3 is 5.97 Å². The van der Waals surface area contributed by atoms with Crippen molar-refractivity contribution in [2.75, 3.05) is 29.7 Å². The number of nitrogens with two attached hydrogens (primary N) is 1. The maximum absolute atomic E-state index is 10.7. The second kappa shape index (κ2) is 9.06. The third-order valence-electron chi connectivity index (χ3n) is 3.07. The molecule has 1 rings (SSSR count). The predicted octanol–water partition coefficient (Wildman–Crippen LogP) is 2.32. The highest BCUT2D eigenvalue weighted by Gasteiger charge is 2.11. The van der Waals surface area contributed by atoms with Gasteiger partial charge in [0, 0.05) is 30.5 Å². The summed E-state index contributed by atoms with van der Waals surface area (Å²) in [4.78, 5) is 12.8. The minimum Gasteiger partial charge on any atom is -0.480 e. The fourth-order valence-electron chi connectivity index (χ4n) is 1.89. The Kier molecular flexibility index (Phi) is 7.73. The van der Waals surface area contributed by atoms with Gasteiger partial charge in [-0.1, -0.05) is 12.1 Å². The average molecular weight is 319 g/mol. The van der Waals surface area contributed by atoms with E-state index in [1.165, 1.54) is 0 Å². The van der Waals surface area contributed by atoms with Crippen LogP contribution in [0.25, 0.3) is 0 Å². The zero-order valence-corrected chi connectivity index (χ0v) is 12.8. The van der Waals surface area contributed by atoms with E-state index in [1.54, 1.807) is 0 Å². The van der Waals surface area contributed by atoms with Gasteiger partial charge in [0.15, 0.2) is 0 Å². The minimum atomic E-state index is -0.961. The van der Waals surface area contributed by atoms with Crippen LogP contribution in [0, 0.1) is 0 Å². The van der Waals surface area contributed by atoms with Crippen molar-refractivity contribution in [3.05, 3.63) is 29.8 Å². The molecule has 0 aromatic heterocycles. The van der Waals surface area contributed by atoms with Crippen molar-refractivity contribution < 1.29 is 9.90 Å². The molecule has 0 saturated heterocycles. The molecule has 1 aromatic rings. The molecular weight excluding hydrogens is 299 g/mol. The van der Waals surface area contributed by atoms with Crippen LogP contribution >= 0.6 is 23.2 Å². The number of carbonyl (C=O) groups is 1. The van der Waals surface area contributed by atoms with E-state index < -0.39 is 12.0 Å². The molecule has 0 amide bonds. The van der Waals surface area contributed by atoms with Crippen LogP contribution in [0.2, 0.25) is 0 Å². The smallest absolute Gasteiger partial charge is 0.320 e. The number of rotatable bonds is 9. The summed E-state index contributed by atoms with van der Waals surface area (Å²) >= 11 is 11.5. The lowest BCUT2D eigenvalue weighted by Gasteiger charge is -2.23. The van der Waals surface area contributed by atoms with E-state index in [-0.39, 0.29) is 0 Å². The topological polar surface area (TPSA) is 66.6 Å². The first-order valence-electron chi connectivity index (χ1n) is 6.52. The van der Waals surface area contributed by atoms with Crippen LogP contribution in [0.15, 0.2) is 24.3 Å². The molecule has 0 fully saturated rings. The summed E-state index contributed by atoms with van der Waals surface area (Å²) in [6.45, 7) is 1.50. The molecule has 1 atom stereocenters. The van der Waals surface area contributed by atoms with Gasteiger partial charge < -0.3 is 15.7 Å². The third kappa shape index (κ3) is 5.57. The second-order valence-electron chi connectivity index (χ2n) is 4.51. The van der Waals surface area contributed by atoms with Crippen molar-refractivity contribution in [1.29, 1.82) is 0 Å². The van der Waals surface area contributed by atoms with E-state index in [0.717, 1.165) is 24.3 Å². The lowest BCUT2D eigenvalue weighted by Crippen LogP contribution is -2.30. The van der Waals surface area contributed by atoms with Gasteiger partial charge in [0.05, 0.1) is 0 Å². The highest BCUT2D eigenvalue weighted by Crippen LogP contribution is 2.16. The molecule has 0 aliphatic carbocycles. The quantitative estimate of drug-likeness (QED) is 0.686. The van der Waals surface area contributed by atoms with Crippen LogP contribution < -0.4 is 10.6 Å². The number of aryl methyl sites for hydroxylation is 1. The predicted molar refractivity (Wildman–Crippen MR) is 84.0 cm³/mol. The Bertz CT molecular complexity index is 406. The van der Waals surface area contributed by atoms with Gasteiger partial charge in [0.1, 0.15) is 6.04 Å². The lowest BCUT2D eigenvalue weighted by atomic mass is 10.1. The number of anilines is 1. The summed E-state index contributed by atoms with van der Waals surface area (Å²) in [5.74, 6) is 0.134. The molecule has 0 unspecified atom stereocenters. The maximum Gasteiger partial charge on any atom is 0.320 e. The van der Waals surface area contributed by atoms with E-state index in [9.17, 15) is 4.79 Å². The third-order valence-corrected chi connectivity index (χ3v) is 3.41. The number of carboxylic acids is 1. The number of halogens is 2. The molecule has 0 aliphatic heterocycles. The van der Waals surface area contributed by atoms with E-state index in [1.807, 2.05) is 24.3 Å². The molecule has 0 spiro atoms. The monoisotopic (exact) mass is 318 g/mol. The molecule has 0 aliphatic rings. The lowest BCUT2D eigenvalue weighted by molar-refractivity contribution is -0.138. The Balaban J connectivity index is 2.60. The summed E-state index contributed by atoms with van der Waals surface area (Å²) in [5.41, 5.74) is 7.62. The normalized spacial score (nSPS) is 12.2. The Labute approximate surface area is 129 Å². The van der Waals surface area contributed by atoms with Crippen molar-refractivity contribution in [2.24, 2.45) is 5.73 Å². The summed E-state index contributed by atoms with van der Waals surface area (Å²) < 4.78 is 0. The molecular formula is C14H20Cl2N2O2. The van der Waals surface area contributed by atoms with E-state index >= 15 is 0 Å². The standard InChI is InChI=1S/C14H20Cl2N2O2/c15-7-9-18(10-8-16)12-4-1-11(2-5-12)3-6-13(17)14(19)20/h1-2,4-5,13H,3,6-10,17H2,(H,19,20)/t13-/m1/s1. The summed E-state index contributed by atoms with van der Waals surface area (Å²) in [6.07, 6.45) is 1.08. The van der Waals surface area contributed by atoms with E-state index in [0.29, 0.717) is 24.6 Å². The number of alkyl halides is 2. The van der Waals surface area contributed by atoms with Crippen LogP contribution in [-0.2, 0) is 11.2 Å². The molecule has 0 bridgehead atoms. The number of benzene rings is 1. The first-order valence-corrected chi connectivity index (χ1v) is 7.59. The van der Waals surface area contributed by atoms with E-state index in [4.69, 9.17) is 34.0 Å². The molecule has 3 N–H and O–H groups in total. The molecule has 4 nitrogen and oxygen atoms in total. The number of hydrogen-bond donors (Lipinski definition) is 2. The number of hydrogen-bond acceptors (Lipinski definition) is 3. The van der Waals surface area contributed by atoms with Crippen molar-refractivity contribution in [3.8, 4) is 0 Å². The number of aliphatic carboxylic acids is 1. The van der Waals surface area contributed by atoms with Gasteiger partial charge in [-0.05, 0) is 30.5 Å². The molecule has 20 heavy (non-hydrogen) atoms. The van der Waals surface area contributed by atoms with Crippen LogP contribution in [0.4, 0.5) is 5.69 Å². The molecule has 0 heterocycles. The van der Waals surface area contributed by atoms with Gasteiger partial charge in [-0.3, -0.25) is 4.79 Å². The van der Waals surface area contributed by atoms with Gasteiger partial charge in [-0.25, -0.2) is 0 Å². The zero-order valence-electron chi connectivity index (χ0n) is 11.3. The number of nitrogens with zero attached hydrogens (tertiary/aromatic N) is 1. The zero-order chi connectivity index (χ0) is 15.0. The SMILES string of the molecule is N[C@H](CCc1ccc(N(CCCl)CCCl)cc1)C(=O)O. The Morgan fingerprint density at radius 1 is 1.20 bits per heavy atom. The fraction of sp³-hybridized carbons (Fsp3) is 0.500. The van der Waals surface area contributed by atoms with Crippen LogP contribution in [0.3, 0.4) is 0 Å². The van der Waals surface area contributed by atoms with Crippen LogP contribution in [0.5, 0.6) is 0 Å². The summed E-state index contributed by atoms with van der Waals surface area (Å²) in [7, 11) is 0. The van der Waals surface area contributed by atoms with Gasteiger partial charge in [0.2, 0.25) is 0 Å². The van der Waals surface area contributed by atoms with Gasteiger partial charge in [-0.2, -0.15) is 0 Å². The number of carboxylic acid groups (broad SMARTS) is 1. The average Bonchev–Trinajstić information content (AvgIpc) is 2.45. The van der Waals surface area contributed by atoms with Crippen molar-refractivity contribution >= 4 is 34.9 Å². The molecule has 6 heteroatoms. The van der Waals surface area contributed by atoms with Crippen molar-refractivity contribution in [1.82, 2.24) is 0 Å². The molecule has 0 saturated carbocycles. The van der Waals surface area contributed by atoms with Crippen molar-refractivity contribution in [3.63, 3.8) is 0 Å². The van der Waals surface area contributed by atoms with Crippen LogP contribution in [-0.4, -0.2) is 42.0 Å². The second-order valence-corrected chi connectivity index (χ2v) is 5.27. The highest BCUT2D eigenvalue weighted by molar-refractivity contribution is 6.18. The molecule has 1 aromatic carbocycles. The fourth-order valence-corrected chi connectivity index (χ4v) is 2.30. The van der Waals surface area contributed by atoms with Gasteiger partial charge in [0.25, 0.3) is 0 Å². The van der Waals surface area contributed by atoms with Gasteiger partial charge in [-0.15, -0.1) is 23.2 Å². The van der Waals surface area contributed by atoms with Crippen molar-refractivity contribution in [2.45, 2.75) is 18.9 Å². The maximum atomic E-state index is 10.7. The largest absolute Gasteiger partial charge is 0.480 e. The Hall–Kier alpha value is -0.970.